The van der Waals surface area contributed by atoms with Gasteiger partial charge in [0.25, 0.3) is 0 Å². The van der Waals surface area contributed by atoms with E-state index in [4.69, 9.17) is 4.98 Å². The third kappa shape index (κ3) is 3.92. The second kappa shape index (κ2) is 6.49. The van der Waals surface area contributed by atoms with Gasteiger partial charge in [-0.3, -0.25) is 9.69 Å². The van der Waals surface area contributed by atoms with Gasteiger partial charge in [-0.25, -0.2) is 4.98 Å². The lowest BCUT2D eigenvalue weighted by atomic mass is 9.90. The SMILES string of the molecule is O=C(NC1CC1)[C@@H](O)C1CCN(Cc2csc(C3CC3)n2)CC1. The van der Waals surface area contributed by atoms with Gasteiger partial charge in [-0.2, -0.15) is 0 Å². The van der Waals surface area contributed by atoms with E-state index in [0.29, 0.717) is 6.04 Å². The minimum atomic E-state index is -0.835. The minimum Gasteiger partial charge on any atom is -0.383 e. The molecule has 23 heavy (non-hydrogen) atoms. The van der Waals surface area contributed by atoms with Crippen molar-refractivity contribution in [3.8, 4) is 0 Å². The van der Waals surface area contributed by atoms with Crippen LogP contribution >= 0.6 is 11.3 Å². The molecule has 2 N–H and O–H groups in total. The summed E-state index contributed by atoms with van der Waals surface area (Å²) in [6, 6.07) is 0.322. The van der Waals surface area contributed by atoms with Crippen molar-refractivity contribution < 1.29 is 9.90 Å². The number of piperidine rings is 1. The summed E-state index contributed by atoms with van der Waals surface area (Å²) in [6.45, 7) is 2.78. The van der Waals surface area contributed by atoms with Crippen LogP contribution in [-0.2, 0) is 11.3 Å². The van der Waals surface area contributed by atoms with Crippen molar-refractivity contribution in [1.29, 1.82) is 0 Å². The first-order valence-corrected chi connectivity index (χ1v) is 9.72. The number of carbonyl (C=O) groups is 1. The number of aliphatic hydroxyl groups is 1. The standard InChI is InChI=1S/C17H25N3O2S/c21-15(16(22)18-13-3-4-13)11-5-7-20(8-6-11)9-14-10-23-17(19-14)12-1-2-12/h10-13,15,21H,1-9H2,(H,18,22)/t15-/m0/s1. The largest absolute Gasteiger partial charge is 0.383 e. The highest BCUT2D eigenvalue weighted by Crippen LogP contribution is 2.41. The number of rotatable bonds is 6. The number of thiazole rings is 1. The highest BCUT2D eigenvalue weighted by molar-refractivity contribution is 7.09. The zero-order chi connectivity index (χ0) is 15.8. The number of carbonyl (C=O) groups excluding carboxylic acids is 1. The van der Waals surface area contributed by atoms with Crippen molar-refractivity contribution in [3.05, 3.63) is 16.1 Å². The fourth-order valence-electron chi connectivity index (χ4n) is 3.30. The topological polar surface area (TPSA) is 65.5 Å². The fourth-order valence-corrected chi connectivity index (χ4v) is 4.28. The summed E-state index contributed by atoms with van der Waals surface area (Å²) in [4.78, 5) is 19.1. The van der Waals surface area contributed by atoms with Crippen LogP contribution in [0.15, 0.2) is 5.38 Å². The maximum Gasteiger partial charge on any atom is 0.249 e. The second-order valence-corrected chi connectivity index (χ2v) is 8.18. The van der Waals surface area contributed by atoms with Crippen LogP contribution < -0.4 is 5.32 Å². The smallest absolute Gasteiger partial charge is 0.249 e. The molecule has 1 atom stereocenters. The van der Waals surface area contributed by atoms with Gasteiger partial charge in [-0.05, 0) is 57.5 Å². The summed E-state index contributed by atoms with van der Waals surface area (Å²) < 4.78 is 0. The molecule has 2 saturated carbocycles. The fraction of sp³-hybridized carbons (Fsp3) is 0.765. The van der Waals surface area contributed by atoms with Crippen LogP contribution in [0.5, 0.6) is 0 Å². The molecule has 0 radical (unpaired) electrons. The van der Waals surface area contributed by atoms with E-state index in [1.54, 1.807) is 11.3 Å². The van der Waals surface area contributed by atoms with Gasteiger partial charge in [0.2, 0.25) is 5.91 Å². The molecular formula is C17H25N3O2S. The Labute approximate surface area is 141 Å². The molecule has 0 unspecified atom stereocenters. The molecule has 2 heterocycles. The lowest BCUT2D eigenvalue weighted by Crippen LogP contribution is -2.44. The van der Waals surface area contributed by atoms with Crippen LogP contribution in [0.4, 0.5) is 0 Å². The first-order chi connectivity index (χ1) is 11.2. The number of likely N-dealkylation sites (tertiary alicyclic amines) is 1. The number of nitrogens with zero attached hydrogens (tertiary/aromatic N) is 2. The van der Waals surface area contributed by atoms with Crippen LogP contribution in [-0.4, -0.2) is 46.1 Å². The van der Waals surface area contributed by atoms with Crippen molar-refractivity contribution in [1.82, 2.24) is 15.2 Å². The van der Waals surface area contributed by atoms with Crippen LogP contribution in [0.25, 0.3) is 0 Å². The predicted octanol–water partition coefficient (Wildman–Crippen LogP) is 1.87. The van der Waals surface area contributed by atoms with Crippen molar-refractivity contribution in [2.75, 3.05) is 13.1 Å². The number of aliphatic hydroxyl groups excluding tert-OH is 1. The normalized spacial score (nSPS) is 24.6. The second-order valence-electron chi connectivity index (χ2n) is 7.29. The number of amides is 1. The Kier molecular flexibility index (Phi) is 4.39. The van der Waals surface area contributed by atoms with E-state index < -0.39 is 6.10 Å². The molecule has 0 bridgehead atoms. The van der Waals surface area contributed by atoms with Crippen molar-refractivity contribution in [2.45, 2.75) is 63.1 Å². The average molecular weight is 335 g/mol. The molecular weight excluding hydrogens is 310 g/mol. The molecule has 126 valence electrons. The van der Waals surface area contributed by atoms with E-state index in [0.717, 1.165) is 51.2 Å². The summed E-state index contributed by atoms with van der Waals surface area (Å²) in [5.41, 5.74) is 1.18. The minimum absolute atomic E-state index is 0.0995. The Hall–Kier alpha value is -0.980. The predicted molar refractivity (Wildman–Crippen MR) is 89.3 cm³/mol. The highest BCUT2D eigenvalue weighted by atomic mass is 32.1. The third-order valence-electron chi connectivity index (χ3n) is 5.15. The van der Waals surface area contributed by atoms with Gasteiger partial charge in [0.15, 0.2) is 0 Å². The Bertz CT molecular complexity index is 560. The molecule has 1 aliphatic heterocycles. The van der Waals surface area contributed by atoms with Crippen molar-refractivity contribution >= 4 is 17.2 Å². The van der Waals surface area contributed by atoms with Crippen molar-refractivity contribution in [2.24, 2.45) is 5.92 Å². The molecule has 1 amide bonds. The summed E-state index contributed by atoms with van der Waals surface area (Å²) in [5, 5.41) is 16.6. The molecule has 3 fully saturated rings. The van der Waals surface area contributed by atoms with Gasteiger partial charge in [0.05, 0.1) is 10.7 Å². The molecule has 3 aliphatic rings. The lowest BCUT2D eigenvalue weighted by Gasteiger charge is -2.33. The van der Waals surface area contributed by atoms with Crippen LogP contribution in [0.2, 0.25) is 0 Å². The first-order valence-electron chi connectivity index (χ1n) is 8.84. The third-order valence-corrected chi connectivity index (χ3v) is 6.21. The zero-order valence-corrected chi connectivity index (χ0v) is 14.2. The quantitative estimate of drug-likeness (QED) is 0.833. The molecule has 1 saturated heterocycles. The van der Waals surface area contributed by atoms with Gasteiger partial charge in [0, 0.05) is 23.9 Å². The number of hydrogen-bond donors (Lipinski definition) is 2. The van der Waals surface area contributed by atoms with E-state index in [9.17, 15) is 9.90 Å². The average Bonchev–Trinajstić information content (AvgIpc) is 3.49. The maximum atomic E-state index is 12.0. The van der Waals surface area contributed by atoms with Crippen LogP contribution in [0, 0.1) is 5.92 Å². The molecule has 1 aromatic rings. The maximum absolute atomic E-state index is 12.0. The lowest BCUT2D eigenvalue weighted by molar-refractivity contribution is -0.133. The van der Waals surface area contributed by atoms with Gasteiger partial charge in [0.1, 0.15) is 6.10 Å². The molecule has 0 spiro atoms. The van der Waals surface area contributed by atoms with Gasteiger partial charge < -0.3 is 10.4 Å². The Morgan fingerprint density at radius 3 is 2.70 bits per heavy atom. The van der Waals surface area contributed by atoms with E-state index >= 15 is 0 Å². The van der Waals surface area contributed by atoms with Crippen LogP contribution in [0.3, 0.4) is 0 Å². The summed E-state index contributed by atoms with van der Waals surface area (Å²) >= 11 is 1.80. The summed E-state index contributed by atoms with van der Waals surface area (Å²) in [7, 11) is 0. The molecule has 6 heteroatoms. The highest BCUT2D eigenvalue weighted by Gasteiger charge is 2.33. The van der Waals surface area contributed by atoms with Gasteiger partial charge in [-0.1, -0.05) is 0 Å². The summed E-state index contributed by atoms with van der Waals surface area (Å²) in [5.74, 6) is 0.668. The molecule has 1 aromatic heterocycles. The van der Waals surface area contributed by atoms with E-state index in [-0.39, 0.29) is 11.8 Å². The molecule has 2 aliphatic carbocycles. The van der Waals surface area contributed by atoms with Crippen molar-refractivity contribution in [3.63, 3.8) is 0 Å². The van der Waals surface area contributed by atoms with E-state index in [1.807, 2.05) is 0 Å². The monoisotopic (exact) mass is 335 g/mol. The molecule has 0 aromatic carbocycles. The number of aromatic nitrogens is 1. The van der Waals surface area contributed by atoms with Crippen LogP contribution in [0.1, 0.15) is 55.1 Å². The Morgan fingerprint density at radius 1 is 1.30 bits per heavy atom. The van der Waals surface area contributed by atoms with E-state index in [2.05, 4.69) is 15.6 Å². The molecule has 4 rings (SSSR count). The summed E-state index contributed by atoms with van der Waals surface area (Å²) in [6.07, 6.45) is 5.68. The first kappa shape index (κ1) is 15.5. The van der Waals surface area contributed by atoms with Gasteiger partial charge >= 0.3 is 0 Å². The van der Waals surface area contributed by atoms with Gasteiger partial charge in [-0.15, -0.1) is 11.3 Å². The number of hydrogen-bond acceptors (Lipinski definition) is 5. The Balaban J connectivity index is 1.24. The van der Waals surface area contributed by atoms with E-state index in [1.165, 1.54) is 23.5 Å². The molecule has 5 nitrogen and oxygen atoms in total. The Morgan fingerprint density at radius 2 is 2.04 bits per heavy atom. The zero-order valence-electron chi connectivity index (χ0n) is 13.4. The number of nitrogens with one attached hydrogen (secondary N) is 1.